The first kappa shape index (κ1) is 15.2. The molecule has 21 heavy (non-hydrogen) atoms. The first-order chi connectivity index (χ1) is 10.1. The van der Waals surface area contributed by atoms with E-state index in [2.05, 4.69) is 44.7 Å². The normalized spacial score (nSPS) is 9.90. The molecule has 2 nitrogen and oxygen atoms in total. The first-order valence-electron chi connectivity index (χ1n) is 6.99. The summed E-state index contributed by atoms with van der Waals surface area (Å²) in [7, 11) is 0. The van der Waals surface area contributed by atoms with E-state index in [4.69, 9.17) is 9.84 Å². The van der Waals surface area contributed by atoms with Crippen LogP contribution in [-0.2, 0) is 6.61 Å². The summed E-state index contributed by atoms with van der Waals surface area (Å²) in [6.45, 7) is 6.66. The number of hydrogen-bond acceptors (Lipinski definition) is 2. The molecule has 108 valence electrons. The van der Waals surface area contributed by atoms with Crippen LogP contribution in [-0.4, -0.2) is 11.7 Å². The number of aryl methyl sites for hydroxylation is 3. The van der Waals surface area contributed by atoms with Gasteiger partial charge in [-0.1, -0.05) is 41.7 Å². The second kappa shape index (κ2) is 6.97. The molecule has 1 N–H and O–H groups in total. The molecular formula is C19H20O2. The van der Waals surface area contributed by atoms with Crippen molar-refractivity contribution in [3.05, 3.63) is 64.2 Å². The molecule has 0 amide bonds. The monoisotopic (exact) mass is 280 g/mol. The van der Waals surface area contributed by atoms with Gasteiger partial charge < -0.3 is 9.84 Å². The Morgan fingerprint density at radius 2 is 1.62 bits per heavy atom. The summed E-state index contributed by atoms with van der Waals surface area (Å²) in [4.78, 5) is 0. The zero-order valence-electron chi connectivity index (χ0n) is 12.7. The lowest BCUT2D eigenvalue weighted by atomic mass is 10.1. The van der Waals surface area contributed by atoms with Gasteiger partial charge in [0, 0.05) is 5.56 Å². The maximum atomic E-state index is 8.67. The van der Waals surface area contributed by atoms with Crippen molar-refractivity contribution in [2.24, 2.45) is 0 Å². The standard InChI is InChI=1S/C19H20O2/c1-14-11-15(2)19(16(3)12-14)21-13-18-8-6-17(7-9-18)5-4-10-20/h6-9,11-12,20H,10,13H2,1-3H3. The largest absolute Gasteiger partial charge is 0.488 e. The minimum Gasteiger partial charge on any atom is -0.488 e. The molecule has 0 aliphatic rings. The zero-order chi connectivity index (χ0) is 15.2. The van der Waals surface area contributed by atoms with Crippen LogP contribution in [0.5, 0.6) is 5.75 Å². The van der Waals surface area contributed by atoms with Crippen molar-refractivity contribution in [2.45, 2.75) is 27.4 Å². The third kappa shape index (κ3) is 4.11. The van der Waals surface area contributed by atoms with Gasteiger partial charge >= 0.3 is 0 Å². The molecule has 2 heteroatoms. The van der Waals surface area contributed by atoms with E-state index in [0.29, 0.717) is 6.61 Å². The van der Waals surface area contributed by atoms with Gasteiger partial charge in [-0.3, -0.25) is 0 Å². The van der Waals surface area contributed by atoms with Crippen LogP contribution < -0.4 is 4.74 Å². The Hall–Kier alpha value is -2.24. The Kier molecular flexibility index (Phi) is 5.03. The molecular weight excluding hydrogens is 260 g/mol. The minimum absolute atomic E-state index is 0.114. The highest BCUT2D eigenvalue weighted by Gasteiger charge is 2.05. The Labute approximate surface area is 126 Å². The highest BCUT2D eigenvalue weighted by atomic mass is 16.5. The van der Waals surface area contributed by atoms with Crippen LogP contribution in [0, 0.1) is 32.6 Å². The molecule has 0 unspecified atom stereocenters. The molecule has 2 aromatic carbocycles. The molecule has 0 atom stereocenters. The Morgan fingerprint density at radius 1 is 1.00 bits per heavy atom. The topological polar surface area (TPSA) is 29.5 Å². The molecule has 0 aliphatic carbocycles. The van der Waals surface area contributed by atoms with Crippen LogP contribution in [0.3, 0.4) is 0 Å². The van der Waals surface area contributed by atoms with E-state index in [-0.39, 0.29) is 6.61 Å². The predicted molar refractivity (Wildman–Crippen MR) is 85.4 cm³/mol. The van der Waals surface area contributed by atoms with E-state index in [0.717, 1.165) is 28.0 Å². The second-order valence-corrected chi connectivity index (χ2v) is 5.17. The van der Waals surface area contributed by atoms with Crippen LogP contribution in [0.2, 0.25) is 0 Å². The summed E-state index contributed by atoms with van der Waals surface area (Å²) in [6.07, 6.45) is 0. The van der Waals surface area contributed by atoms with Crippen molar-refractivity contribution < 1.29 is 9.84 Å². The SMILES string of the molecule is Cc1cc(C)c(OCc2ccc(C#CCO)cc2)c(C)c1. The average Bonchev–Trinajstić information content (AvgIpc) is 2.45. The van der Waals surface area contributed by atoms with E-state index in [1.807, 2.05) is 24.3 Å². The molecule has 0 aromatic heterocycles. The first-order valence-corrected chi connectivity index (χ1v) is 6.99. The maximum Gasteiger partial charge on any atom is 0.125 e. The summed E-state index contributed by atoms with van der Waals surface area (Å²) >= 11 is 0. The van der Waals surface area contributed by atoms with Gasteiger partial charge in [-0.15, -0.1) is 0 Å². The minimum atomic E-state index is -0.114. The van der Waals surface area contributed by atoms with Gasteiger partial charge in [0.2, 0.25) is 0 Å². The van der Waals surface area contributed by atoms with Crippen LogP contribution in [0.4, 0.5) is 0 Å². The molecule has 0 bridgehead atoms. The van der Waals surface area contributed by atoms with Crippen LogP contribution >= 0.6 is 0 Å². The molecule has 2 aromatic rings. The second-order valence-electron chi connectivity index (χ2n) is 5.17. The molecule has 0 heterocycles. The Morgan fingerprint density at radius 3 is 2.19 bits per heavy atom. The van der Waals surface area contributed by atoms with Crippen LogP contribution in [0.25, 0.3) is 0 Å². The highest BCUT2D eigenvalue weighted by molar-refractivity contribution is 5.43. The summed E-state index contributed by atoms with van der Waals surface area (Å²) < 4.78 is 5.95. The molecule has 0 saturated heterocycles. The summed E-state index contributed by atoms with van der Waals surface area (Å²) in [5.74, 6) is 6.48. The van der Waals surface area contributed by atoms with Crippen LogP contribution in [0.15, 0.2) is 36.4 Å². The highest BCUT2D eigenvalue weighted by Crippen LogP contribution is 2.25. The molecule has 0 aliphatic heterocycles. The van der Waals surface area contributed by atoms with E-state index < -0.39 is 0 Å². The number of benzene rings is 2. The zero-order valence-corrected chi connectivity index (χ0v) is 12.7. The van der Waals surface area contributed by atoms with E-state index >= 15 is 0 Å². The lowest BCUT2D eigenvalue weighted by Crippen LogP contribution is -1.99. The number of hydrogen-bond donors (Lipinski definition) is 1. The van der Waals surface area contributed by atoms with E-state index in [1.165, 1.54) is 5.56 Å². The third-order valence-corrected chi connectivity index (χ3v) is 3.25. The fourth-order valence-corrected chi connectivity index (χ4v) is 2.38. The molecule has 0 fully saturated rings. The molecule has 2 rings (SSSR count). The van der Waals surface area contributed by atoms with Crippen molar-refractivity contribution in [1.82, 2.24) is 0 Å². The van der Waals surface area contributed by atoms with E-state index in [9.17, 15) is 0 Å². The maximum absolute atomic E-state index is 8.67. The summed E-state index contributed by atoms with van der Waals surface area (Å²) in [5.41, 5.74) is 5.58. The van der Waals surface area contributed by atoms with E-state index in [1.54, 1.807) is 0 Å². The van der Waals surface area contributed by atoms with Crippen molar-refractivity contribution in [3.63, 3.8) is 0 Å². The van der Waals surface area contributed by atoms with Gasteiger partial charge in [-0.2, -0.15) is 0 Å². The van der Waals surface area contributed by atoms with Crippen molar-refractivity contribution in [3.8, 4) is 17.6 Å². The quantitative estimate of drug-likeness (QED) is 0.871. The van der Waals surface area contributed by atoms with Gasteiger partial charge in [0.05, 0.1) is 0 Å². The van der Waals surface area contributed by atoms with Gasteiger partial charge in [0.15, 0.2) is 0 Å². The Balaban J connectivity index is 2.07. The smallest absolute Gasteiger partial charge is 0.125 e. The molecule has 0 radical (unpaired) electrons. The van der Waals surface area contributed by atoms with Crippen LogP contribution in [0.1, 0.15) is 27.8 Å². The lowest BCUT2D eigenvalue weighted by Gasteiger charge is -2.13. The number of aliphatic hydroxyl groups excluding tert-OH is 1. The Bertz CT molecular complexity index is 650. The number of aliphatic hydroxyl groups is 1. The third-order valence-electron chi connectivity index (χ3n) is 3.25. The fraction of sp³-hybridized carbons (Fsp3) is 0.263. The van der Waals surface area contributed by atoms with Gasteiger partial charge in [-0.05, 0) is 49.6 Å². The fourth-order valence-electron chi connectivity index (χ4n) is 2.38. The van der Waals surface area contributed by atoms with Gasteiger partial charge in [-0.25, -0.2) is 0 Å². The van der Waals surface area contributed by atoms with Crippen molar-refractivity contribution >= 4 is 0 Å². The average molecular weight is 280 g/mol. The van der Waals surface area contributed by atoms with Gasteiger partial charge in [0.25, 0.3) is 0 Å². The molecule has 0 saturated carbocycles. The summed E-state index contributed by atoms with van der Waals surface area (Å²) in [5, 5.41) is 8.67. The lowest BCUT2D eigenvalue weighted by molar-refractivity contribution is 0.302. The molecule has 0 spiro atoms. The number of rotatable bonds is 3. The summed E-state index contributed by atoms with van der Waals surface area (Å²) in [6, 6.07) is 12.2. The predicted octanol–water partition coefficient (Wildman–Crippen LogP) is 3.53. The van der Waals surface area contributed by atoms with Gasteiger partial charge in [0.1, 0.15) is 19.0 Å². The van der Waals surface area contributed by atoms with Crippen molar-refractivity contribution in [2.75, 3.05) is 6.61 Å². The number of ether oxygens (including phenoxy) is 1. The van der Waals surface area contributed by atoms with Crippen molar-refractivity contribution in [1.29, 1.82) is 0 Å².